The summed E-state index contributed by atoms with van der Waals surface area (Å²) < 4.78 is 0. The van der Waals surface area contributed by atoms with Gasteiger partial charge in [-0.25, -0.2) is 0 Å². The summed E-state index contributed by atoms with van der Waals surface area (Å²) in [5, 5.41) is 8.69. The van der Waals surface area contributed by atoms with E-state index >= 15 is 0 Å². The van der Waals surface area contributed by atoms with Gasteiger partial charge in [-0.3, -0.25) is 9.89 Å². The van der Waals surface area contributed by atoms with Crippen molar-refractivity contribution in [2.45, 2.75) is 32.2 Å². The second-order valence-corrected chi connectivity index (χ2v) is 5.94. The Morgan fingerprint density at radius 2 is 2.42 bits per heavy atom. The van der Waals surface area contributed by atoms with Gasteiger partial charge < -0.3 is 4.90 Å². The maximum atomic E-state index is 12.5. The number of amides is 1. The lowest BCUT2D eigenvalue weighted by Gasteiger charge is -2.33. The summed E-state index contributed by atoms with van der Waals surface area (Å²) in [4.78, 5) is 15.6. The van der Waals surface area contributed by atoms with Crippen molar-refractivity contribution >= 4 is 17.2 Å². The molecule has 2 aromatic rings. The van der Waals surface area contributed by atoms with Crippen molar-refractivity contribution < 1.29 is 4.79 Å². The second kappa shape index (κ2) is 5.17. The van der Waals surface area contributed by atoms with Gasteiger partial charge in [0.1, 0.15) is 0 Å². The molecular formula is C14H17N3OS. The van der Waals surface area contributed by atoms with Gasteiger partial charge in [0, 0.05) is 34.6 Å². The lowest BCUT2D eigenvalue weighted by Crippen LogP contribution is -2.41. The second-order valence-electron chi connectivity index (χ2n) is 5.03. The van der Waals surface area contributed by atoms with E-state index < -0.39 is 0 Å². The van der Waals surface area contributed by atoms with Gasteiger partial charge in [0.05, 0.1) is 11.8 Å². The van der Waals surface area contributed by atoms with Crippen LogP contribution < -0.4 is 0 Å². The molecule has 2 aromatic heterocycles. The fourth-order valence-corrected chi connectivity index (χ4v) is 3.42. The van der Waals surface area contributed by atoms with Crippen molar-refractivity contribution in [3.05, 3.63) is 29.4 Å². The lowest BCUT2D eigenvalue weighted by atomic mass is 10.0. The molecule has 3 heterocycles. The maximum absolute atomic E-state index is 12.5. The molecule has 0 aromatic carbocycles. The molecule has 1 N–H and O–H groups in total. The van der Waals surface area contributed by atoms with Gasteiger partial charge in [-0.05, 0) is 32.3 Å². The van der Waals surface area contributed by atoms with Gasteiger partial charge in [0.25, 0.3) is 5.91 Å². The van der Waals surface area contributed by atoms with Crippen molar-refractivity contribution in [3.8, 4) is 10.4 Å². The van der Waals surface area contributed by atoms with E-state index in [0.717, 1.165) is 35.4 Å². The predicted octanol–water partition coefficient (Wildman–Crippen LogP) is 3.15. The van der Waals surface area contributed by atoms with Crippen LogP contribution in [0.1, 0.15) is 36.5 Å². The fourth-order valence-electron chi connectivity index (χ4n) is 2.55. The summed E-state index contributed by atoms with van der Waals surface area (Å²) in [6.07, 6.45) is 7.10. The Bertz CT molecular complexity index is 561. The van der Waals surface area contributed by atoms with E-state index in [0.29, 0.717) is 6.04 Å². The van der Waals surface area contributed by atoms with E-state index in [4.69, 9.17) is 0 Å². The first-order valence-corrected chi connectivity index (χ1v) is 7.52. The number of H-pyrrole nitrogens is 1. The van der Waals surface area contributed by atoms with Crippen molar-refractivity contribution in [1.82, 2.24) is 15.1 Å². The van der Waals surface area contributed by atoms with Gasteiger partial charge in [-0.2, -0.15) is 5.10 Å². The van der Waals surface area contributed by atoms with Crippen LogP contribution in [-0.4, -0.2) is 33.6 Å². The van der Waals surface area contributed by atoms with Crippen LogP contribution in [0, 0.1) is 0 Å². The Hall–Kier alpha value is -1.62. The van der Waals surface area contributed by atoms with Gasteiger partial charge in [0.2, 0.25) is 0 Å². The van der Waals surface area contributed by atoms with Crippen molar-refractivity contribution in [2.75, 3.05) is 6.54 Å². The Balaban J connectivity index is 1.80. The molecular weight excluding hydrogens is 258 g/mol. The summed E-state index contributed by atoms with van der Waals surface area (Å²) in [5.74, 6) is 0.165. The van der Waals surface area contributed by atoms with E-state index in [1.165, 1.54) is 6.42 Å². The summed E-state index contributed by atoms with van der Waals surface area (Å²) in [6, 6.07) is 2.33. The molecule has 5 heteroatoms. The van der Waals surface area contributed by atoms with Crippen LogP contribution in [0.5, 0.6) is 0 Å². The highest BCUT2D eigenvalue weighted by Crippen LogP contribution is 2.28. The summed E-state index contributed by atoms with van der Waals surface area (Å²) in [6.45, 7) is 3.03. The summed E-state index contributed by atoms with van der Waals surface area (Å²) in [5.41, 5.74) is 1.84. The van der Waals surface area contributed by atoms with Gasteiger partial charge in [0.15, 0.2) is 0 Å². The highest BCUT2D eigenvalue weighted by Gasteiger charge is 2.24. The molecule has 4 nitrogen and oxygen atoms in total. The minimum Gasteiger partial charge on any atom is -0.336 e. The molecule has 1 saturated heterocycles. The number of piperidine rings is 1. The molecule has 1 aliphatic rings. The van der Waals surface area contributed by atoms with Gasteiger partial charge in [-0.15, -0.1) is 11.3 Å². The van der Waals surface area contributed by atoms with Crippen molar-refractivity contribution in [2.24, 2.45) is 0 Å². The van der Waals surface area contributed by atoms with E-state index in [2.05, 4.69) is 17.1 Å². The quantitative estimate of drug-likeness (QED) is 0.915. The highest BCUT2D eigenvalue weighted by molar-refractivity contribution is 7.13. The van der Waals surface area contributed by atoms with Crippen LogP contribution in [0.2, 0.25) is 0 Å². The first kappa shape index (κ1) is 12.4. The number of hydrogen-bond donors (Lipinski definition) is 1. The number of aromatic nitrogens is 2. The van der Waals surface area contributed by atoms with Crippen LogP contribution in [-0.2, 0) is 0 Å². The van der Waals surface area contributed by atoms with Crippen LogP contribution in [0.15, 0.2) is 23.8 Å². The summed E-state index contributed by atoms with van der Waals surface area (Å²) >= 11 is 1.59. The zero-order valence-corrected chi connectivity index (χ0v) is 11.7. The molecule has 1 unspecified atom stereocenters. The molecule has 1 amide bonds. The number of thiophene rings is 1. The van der Waals surface area contributed by atoms with E-state index in [9.17, 15) is 4.79 Å². The van der Waals surface area contributed by atoms with Crippen LogP contribution in [0.25, 0.3) is 10.4 Å². The molecule has 0 radical (unpaired) electrons. The minimum atomic E-state index is 0.165. The number of nitrogens with one attached hydrogen (secondary N) is 1. The fraction of sp³-hybridized carbons (Fsp3) is 0.429. The van der Waals surface area contributed by atoms with Crippen molar-refractivity contribution in [3.63, 3.8) is 0 Å². The number of rotatable bonds is 2. The van der Waals surface area contributed by atoms with Gasteiger partial charge in [-0.1, -0.05) is 0 Å². The van der Waals surface area contributed by atoms with E-state index in [-0.39, 0.29) is 5.91 Å². The van der Waals surface area contributed by atoms with Crippen LogP contribution >= 0.6 is 11.3 Å². The molecule has 19 heavy (non-hydrogen) atoms. The minimum absolute atomic E-state index is 0.165. The average Bonchev–Trinajstić information content (AvgIpc) is 3.09. The Morgan fingerprint density at radius 1 is 1.53 bits per heavy atom. The number of likely N-dealkylation sites (tertiary alicyclic amines) is 1. The molecule has 0 spiro atoms. The molecule has 100 valence electrons. The summed E-state index contributed by atoms with van der Waals surface area (Å²) in [7, 11) is 0. The number of nitrogens with zero attached hydrogens (tertiary/aromatic N) is 2. The van der Waals surface area contributed by atoms with Crippen molar-refractivity contribution in [1.29, 1.82) is 0 Å². The van der Waals surface area contributed by atoms with Crippen LogP contribution in [0.3, 0.4) is 0 Å². The molecule has 0 bridgehead atoms. The maximum Gasteiger partial charge on any atom is 0.254 e. The largest absolute Gasteiger partial charge is 0.336 e. The smallest absolute Gasteiger partial charge is 0.254 e. The topological polar surface area (TPSA) is 49.0 Å². The zero-order chi connectivity index (χ0) is 13.2. The number of aromatic amines is 1. The van der Waals surface area contributed by atoms with Crippen LogP contribution in [0.4, 0.5) is 0 Å². The number of hydrogen-bond acceptors (Lipinski definition) is 3. The third-order valence-corrected chi connectivity index (χ3v) is 4.67. The average molecular weight is 275 g/mol. The monoisotopic (exact) mass is 275 g/mol. The molecule has 1 aliphatic heterocycles. The standard InChI is InChI=1S/C14H17N3OS/c1-10-4-2-3-5-17(10)14(18)11-6-13(19-9-11)12-7-15-16-8-12/h6-10H,2-5H2,1H3,(H,15,16). The molecule has 3 rings (SSSR count). The molecule has 0 saturated carbocycles. The van der Waals surface area contributed by atoms with E-state index in [1.54, 1.807) is 17.5 Å². The SMILES string of the molecule is CC1CCCCN1C(=O)c1csc(-c2cn[nH]c2)c1. The number of carbonyl (C=O) groups excluding carboxylic acids is 1. The predicted molar refractivity (Wildman–Crippen MR) is 76.3 cm³/mol. The third-order valence-electron chi connectivity index (χ3n) is 3.69. The first-order valence-electron chi connectivity index (χ1n) is 6.64. The van der Waals surface area contributed by atoms with Gasteiger partial charge >= 0.3 is 0 Å². The van der Waals surface area contributed by atoms with E-state index in [1.807, 2.05) is 22.5 Å². The number of carbonyl (C=O) groups is 1. The third kappa shape index (κ3) is 2.42. The Labute approximate surface area is 116 Å². The highest BCUT2D eigenvalue weighted by atomic mass is 32.1. The Kier molecular flexibility index (Phi) is 3.38. The zero-order valence-electron chi connectivity index (χ0n) is 10.9. The molecule has 1 fully saturated rings. The normalized spacial score (nSPS) is 19.6. The Morgan fingerprint density at radius 3 is 3.16 bits per heavy atom. The molecule has 0 aliphatic carbocycles. The molecule has 1 atom stereocenters. The lowest BCUT2D eigenvalue weighted by molar-refractivity contribution is 0.0636. The first-order chi connectivity index (χ1) is 9.25.